The second-order valence-corrected chi connectivity index (χ2v) is 9.30. The van der Waals surface area contributed by atoms with Crippen LogP contribution in [0.5, 0.6) is 0 Å². The van der Waals surface area contributed by atoms with Crippen molar-refractivity contribution in [1.29, 1.82) is 0 Å². The molecule has 5 nitrogen and oxygen atoms in total. The van der Waals surface area contributed by atoms with Gasteiger partial charge in [-0.2, -0.15) is 0 Å². The Kier molecular flexibility index (Phi) is 5.74. The highest BCUT2D eigenvalue weighted by molar-refractivity contribution is 7.13. The van der Waals surface area contributed by atoms with E-state index in [4.69, 9.17) is 4.74 Å². The molecule has 1 aliphatic heterocycles. The fourth-order valence-electron chi connectivity index (χ4n) is 3.84. The number of nitrogens with one attached hydrogen (secondary N) is 1. The highest BCUT2D eigenvalue weighted by Crippen LogP contribution is 2.34. The minimum Gasteiger partial charge on any atom is -0.361 e. The molecule has 2 amide bonds. The smallest absolute Gasteiger partial charge is 0.254 e. The number of nitrogens with zero attached hydrogens (tertiary/aromatic N) is 1. The molecule has 154 valence electrons. The molecule has 2 aliphatic rings. The third-order valence-electron chi connectivity index (χ3n) is 5.51. The molecule has 0 spiro atoms. The lowest BCUT2D eigenvalue weighted by molar-refractivity contribution is -0.167. The molecule has 2 fully saturated rings. The van der Waals surface area contributed by atoms with Crippen molar-refractivity contribution in [2.24, 2.45) is 5.92 Å². The quantitative estimate of drug-likeness (QED) is 0.790. The number of hydrogen-bond donors (Lipinski definition) is 1. The Hall–Kier alpha value is -2.18. The van der Waals surface area contributed by atoms with Gasteiger partial charge in [0.25, 0.3) is 5.91 Å². The Balaban J connectivity index is 1.56. The maximum absolute atomic E-state index is 13.2. The highest BCUT2D eigenvalue weighted by atomic mass is 32.1. The van der Waals surface area contributed by atoms with Crippen molar-refractivity contribution in [2.75, 3.05) is 19.7 Å². The van der Waals surface area contributed by atoms with Crippen molar-refractivity contribution in [2.45, 2.75) is 44.8 Å². The van der Waals surface area contributed by atoms with E-state index in [0.29, 0.717) is 26.1 Å². The van der Waals surface area contributed by atoms with Crippen molar-refractivity contribution < 1.29 is 14.3 Å². The maximum Gasteiger partial charge on any atom is 0.254 e. The lowest BCUT2D eigenvalue weighted by atomic mass is 9.90. The van der Waals surface area contributed by atoms with E-state index in [1.807, 2.05) is 24.8 Å². The number of hydrogen-bond acceptors (Lipinski definition) is 4. The first-order valence-electron chi connectivity index (χ1n) is 10.3. The molecule has 0 bridgehead atoms. The standard InChI is InChI=1S/C23H28N2O3S/c1-16(2)24-22(27)23(15-25(11-12-28-23)21(26)19-9-10-19)14-17-5-7-18(8-6-17)20-4-3-13-29-20/h3-8,13,16,19H,9-12,14-15H2,1-2H3,(H,24,27)/t23-/m0/s1. The summed E-state index contributed by atoms with van der Waals surface area (Å²) in [7, 11) is 0. The van der Waals surface area contributed by atoms with Gasteiger partial charge in [-0.05, 0) is 49.3 Å². The van der Waals surface area contributed by atoms with Crippen molar-refractivity contribution >= 4 is 23.2 Å². The molecule has 2 heterocycles. The van der Waals surface area contributed by atoms with Gasteiger partial charge < -0.3 is 15.0 Å². The van der Waals surface area contributed by atoms with Crippen molar-refractivity contribution in [3.63, 3.8) is 0 Å². The van der Waals surface area contributed by atoms with Crippen LogP contribution in [0.1, 0.15) is 32.3 Å². The van der Waals surface area contributed by atoms with E-state index in [-0.39, 0.29) is 23.8 Å². The van der Waals surface area contributed by atoms with Crippen LogP contribution >= 0.6 is 11.3 Å². The molecule has 0 radical (unpaired) electrons. The lowest BCUT2D eigenvalue weighted by Gasteiger charge is -2.42. The second kappa shape index (κ2) is 8.28. The number of carbonyl (C=O) groups excluding carboxylic acids is 2. The summed E-state index contributed by atoms with van der Waals surface area (Å²) >= 11 is 1.71. The SMILES string of the molecule is CC(C)NC(=O)[C@]1(Cc2ccc(-c3cccs3)cc2)CN(C(=O)C2CC2)CCO1. The third kappa shape index (κ3) is 4.54. The average Bonchev–Trinajstić information content (AvgIpc) is 3.42. The third-order valence-corrected chi connectivity index (χ3v) is 6.43. The number of rotatable bonds is 6. The molecule has 1 saturated carbocycles. The van der Waals surface area contributed by atoms with E-state index < -0.39 is 5.60 Å². The first-order chi connectivity index (χ1) is 14.0. The number of thiophene rings is 1. The van der Waals surface area contributed by atoms with Crippen LogP contribution < -0.4 is 5.32 Å². The van der Waals surface area contributed by atoms with Crippen LogP contribution in [0.25, 0.3) is 10.4 Å². The average molecular weight is 413 g/mol. The fourth-order valence-corrected chi connectivity index (χ4v) is 4.57. The topological polar surface area (TPSA) is 58.6 Å². The summed E-state index contributed by atoms with van der Waals surface area (Å²) in [5.74, 6) is 0.176. The summed E-state index contributed by atoms with van der Waals surface area (Å²) in [5.41, 5.74) is 1.15. The molecule has 1 atom stereocenters. The largest absolute Gasteiger partial charge is 0.361 e. The maximum atomic E-state index is 13.2. The Labute approximate surface area is 176 Å². The number of morpholine rings is 1. The van der Waals surface area contributed by atoms with Gasteiger partial charge in [-0.3, -0.25) is 9.59 Å². The monoisotopic (exact) mass is 412 g/mol. The zero-order valence-corrected chi connectivity index (χ0v) is 17.8. The second-order valence-electron chi connectivity index (χ2n) is 8.36. The van der Waals surface area contributed by atoms with E-state index >= 15 is 0 Å². The van der Waals surface area contributed by atoms with Crippen LogP contribution in [0.15, 0.2) is 41.8 Å². The Bertz CT molecular complexity index is 859. The molecular formula is C23H28N2O3S. The first kappa shape index (κ1) is 20.1. The predicted molar refractivity (Wildman–Crippen MR) is 115 cm³/mol. The molecule has 4 rings (SSSR count). The summed E-state index contributed by atoms with van der Waals surface area (Å²) in [6.45, 7) is 5.14. The van der Waals surface area contributed by atoms with Gasteiger partial charge in [0.05, 0.1) is 13.2 Å². The van der Waals surface area contributed by atoms with Crippen LogP contribution in [0.4, 0.5) is 0 Å². The summed E-state index contributed by atoms with van der Waals surface area (Å²) < 4.78 is 6.11. The number of carbonyl (C=O) groups is 2. The predicted octanol–water partition coefficient (Wildman–Crippen LogP) is 3.49. The molecule has 1 N–H and O–H groups in total. The van der Waals surface area contributed by atoms with Crippen LogP contribution in [0.3, 0.4) is 0 Å². The molecule has 1 aromatic heterocycles. The molecular weight excluding hydrogens is 384 g/mol. The molecule has 0 unspecified atom stereocenters. The van der Waals surface area contributed by atoms with Crippen molar-refractivity contribution in [3.05, 3.63) is 47.3 Å². The lowest BCUT2D eigenvalue weighted by Crippen LogP contribution is -2.63. The fraction of sp³-hybridized carbons (Fsp3) is 0.478. The number of ether oxygens (including phenoxy) is 1. The van der Waals surface area contributed by atoms with Gasteiger partial charge in [-0.25, -0.2) is 0 Å². The van der Waals surface area contributed by atoms with Crippen molar-refractivity contribution in [1.82, 2.24) is 10.2 Å². The Morgan fingerprint density at radius 3 is 2.62 bits per heavy atom. The van der Waals surface area contributed by atoms with Gasteiger partial charge in [0, 0.05) is 29.8 Å². The summed E-state index contributed by atoms with van der Waals surface area (Å²) in [6, 6.07) is 12.5. The zero-order valence-electron chi connectivity index (χ0n) is 17.0. The highest BCUT2D eigenvalue weighted by Gasteiger charge is 2.47. The van der Waals surface area contributed by atoms with Gasteiger partial charge in [0.1, 0.15) is 0 Å². The van der Waals surface area contributed by atoms with E-state index in [9.17, 15) is 9.59 Å². The zero-order chi connectivity index (χ0) is 20.4. The molecule has 2 aromatic rings. The number of benzene rings is 1. The Morgan fingerprint density at radius 1 is 1.24 bits per heavy atom. The minimum atomic E-state index is -1.04. The van der Waals surface area contributed by atoms with Crippen LogP contribution in [0.2, 0.25) is 0 Å². The van der Waals surface area contributed by atoms with Crippen LogP contribution in [0, 0.1) is 5.92 Å². The van der Waals surface area contributed by atoms with Gasteiger partial charge in [-0.15, -0.1) is 11.3 Å². The van der Waals surface area contributed by atoms with E-state index in [1.165, 1.54) is 10.4 Å². The first-order valence-corrected chi connectivity index (χ1v) is 11.2. The number of amides is 2. The van der Waals surface area contributed by atoms with Gasteiger partial charge in [0.2, 0.25) is 5.91 Å². The summed E-state index contributed by atoms with van der Waals surface area (Å²) in [5, 5.41) is 5.08. The summed E-state index contributed by atoms with van der Waals surface area (Å²) in [4.78, 5) is 28.9. The molecule has 29 heavy (non-hydrogen) atoms. The molecule has 1 saturated heterocycles. The van der Waals surface area contributed by atoms with E-state index in [2.05, 4.69) is 41.0 Å². The van der Waals surface area contributed by atoms with Crippen LogP contribution in [-0.4, -0.2) is 48.1 Å². The molecule has 1 aliphatic carbocycles. The van der Waals surface area contributed by atoms with E-state index in [1.54, 1.807) is 11.3 Å². The van der Waals surface area contributed by atoms with Gasteiger partial charge in [-0.1, -0.05) is 30.3 Å². The van der Waals surface area contributed by atoms with Gasteiger partial charge >= 0.3 is 0 Å². The molecule has 6 heteroatoms. The normalized spacial score (nSPS) is 22.0. The summed E-state index contributed by atoms with van der Waals surface area (Å²) in [6.07, 6.45) is 2.38. The van der Waals surface area contributed by atoms with Crippen molar-refractivity contribution in [3.8, 4) is 10.4 Å². The van der Waals surface area contributed by atoms with Crippen LogP contribution in [-0.2, 0) is 20.7 Å². The Morgan fingerprint density at radius 2 is 2.00 bits per heavy atom. The van der Waals surface area contributed by atoms with E-state index in [0.717, 1.165) is 18.4 Å². The minimum absolute atomic E-state index is 0.0127. The van der Waals surface area contributed by atoms with Gasteiger partial charge in [0.15, 0.2) is 5.60 Å². The molecule has 1 aromatic carbocycles.